The SMILES string of the molecule is C[C@@H]1CC2CN1CCn1[nH]c3c(cccc3c1=O)-c1nc3c(cc(-c4ccc(O)cc4)cc3[nH]c1=O)O2. The standard InChI is InChI=1S/C28H25N5O4/c1-15-11-19-14-32(15)9-10-33-28(36)21-4-2-3-20(24(21)31-33)25-27(35)29-22-12-17(13-23(37-19)26(22)30-25)16-5-7-18(34)8-6-16/h2-8,12-13,15,19,31,34H,9-11,14H2,1H3,(H,29,35)/t15-,19?/m1/s1. The van der Waals surface area contributed by atoms with E-state index in [0.717, 1.165) is 24.1 Å². The molecule has 0 aliphatic carbocycles. The normalized spacial score (nSPS) is 20.9. The number of aromatic nitrogens is 4. The van der Waals surface area contributed by atoms with Crippen molar-refractivity contribution < 1.29 is 9.84 Å². The van der Waals surface area contributed by atoms with Gasteiger partial charge in [0.15, 0.2) is 0 Å². The van der Waals surface area contributed by atoms with Crippen molar-refractivity contribution in [1.29, 1.82) is 0 Å². The van der Waals surface area contributed by atoms with Gasteiger partial charge in [-0.05, 0) is 48.4 Å². The zero-order chi connectivity index (χ0) is 25.3. The lowest BCUT2D eigenvalue weighted by molar-refractivity contribution is 0.195. The Hall–Kier alpha value is -4.37. The van der Waals surface area contributed by atoms with Gasteiger partial charge in [0.05, 0.1) is 23.0 Å². The first-order valence-electron chi connectivity index (χ1n) is 12.4. The largest absolute Gasteiger partial charge is 0.508 e. The monoisotopic (exact) mass is 495 g/mol. The van der Waals surface area contributed by atoms with Gasteiger partial charge in [0, 0.05) is 31.1 Å². The number of hydrogen-bond acceptors (Lipinski definition) is 6. The number of rotatable bonds is 1. The molecule has 6 bridgehead atoms. The second kappa shape index (κ2) is 8.07. The molecule has 7 rings (SSSR count). The number of phenolic OH excluding ortho intramolecular Hbond substituents is 1. The van der Waals surface area contributed by atoms with Gasteiger partial charge >= 0.3 is 0 Å². The highest BCUT2D eigenvalue weighted by atomic mass is 16.5. The highest BCUT2D eigenvalue weighted by molar-refractivity contribution is 5.94. The number of nitrogens with one attached hydrogen (secondary N) is 2. The quantitative estimate of drug-likeness (QED) is 0.328. The Bertz CT molecular complexity index is 1800. The van der Waals surface area contributed by atoms with E-state index in [1.54, 1.807) is 35.0 Å². The van der Waals surface area contributed by atoms with Crippen molar-refractivity contribution in [3.63, 3.8) is 0 Å². The average Bonchev–Trinajstić information content (AvgIpc) is 3.40. The van der Waals surface area contributed by atoms with E-state index in [1.807, 2.05) is 24.3 Å². The zero-order valence-electron chi connectivity index (χ0n) is 20.2. The summed E-state index contributed by atoms with van der Waals surface area (Å²) < 4.78 is 8.21. The molecule has 186 valence electrons. The van der Waals surface area contributed by atoms with E-state index < -0.39 is 0 Å². The van der Waals surface area contributed by atoms with Crippen LogP contribution in [0, 0.1) is 0 Å². The van der Waals surface area contributed by atoms with Gasteiger partial charge < -0.3 is 14.8 Å². The molecule has 3 N–H and O–H groups in total. The summed E-state index contributed by atoms with van der Waals surface area (Å²) in [5, 5.41) is 13.5. The van der Waals surface area contributed by atoms with Crippen molar-refractivity contribution in [2.75, 3.05) is 13.1 Å². The van der Waals surface area contributed by atoms with E-state index in [2.05, 4.69) is 21.9 Å². The van der Waals surface area contributed by atoms with Crippen LogP contribution in [0.3, 0.4) is 0 Å². The lowest BCUT2D eigenvalue weighted by Crippen LogP contribution is -2.33. The molecule has 5 aromatic rings. The van der Waals surface area contributed by atoms with Crippen LogP contribution in [0.15, 0.2) is 64.2 Å². The third kappa shape index (κ3) is 3.54. The summed E-state index contributed by atoms with van der Waals surface area (Å²) in [6.07, 6.45) is 0.776. The summed E-state index contributed by atoms with van der Waals surface area (Å²) in [6, 6.07) is 16.4. The molecule has 3 aromatic carbocycles. The molecule has 2 unspecified atom stereocenters. The number of H-pyrrole nitrogens is 2. The molecule has 0 saturated carbocycles. The average molecular weight is 496 g/mol. The van der Waals surface area contributed by atoms with E-state index in [4.69, 9.17) is 9.72 Å². The first-order valence-corrected chi connectivity index (χ1v) is 12.4. The number of hydrogen-bond donors (Lipinski definition) is 3. The van der Waals surface area contributed by atoms with Gasteiger partial charge in [0.2, 0.25) is 0 Å². The van der Waals surface area contributed by atoms with Gasteiger partial charge in [-0.2, -0.15) is 0 Å². The van der Waals surface area contributed by atoms with E-state index in [9.17, 15) is 14.7 Å². The molecule has 9 nitrogen and oxygen atoms in total. The zero-order valence-corrected chi connectivity index (χ0v) is 20.2. The Kier molecular flexibility index (Phi) is 4.77. The topological polar surface area (TPSA) is 116 Å². The van der Waals surface area contributed by atoms with E-state index in [1.165, 1.54) is 0 Å². The van der Waals surface area contributed by atoms with Crippen molar-refractivity contribution in [2.24, 2.45) is 0 Å². The summed E-state index contributed by atoms with van der Waals surface area (Å²) in [5.74, 6) is 0.774. The summed E-state index contributed by atoms with van der Waals surface area (Å²) in [5.41, 5.74) is 3.78. The smallest absolute Gasteiger partial charge is 0.275 e. The highest BCUT2D eigenvalue weighted by Gasteiger charge is 2.31. The van der Waals surface area contributed by atoms with Crippen LogP contribution in [-0.2, 0) is 6.54 Å². The lowest BCUT2D eigenvalue weighted by Gasteiger charge is -2.21. The predicted octanol–water partition coefficient (Wildman–Crippen LogP) is 3.46. The Morgan fingerprint density at radius 3 is 2.73 bits per heavy atom. The predicted molar refractivity (Wildman–Crippen MR) is 141 cm³/mol. The Labute approximate surface area is 210 Å². The first-order chi connectivity index (χ1) is 17.9. The van der Waals surface area contributed by atoms with Crippen LogP contribution in [0.2, 0.25) is 0 Å². The van der Waals surface area contributed by atoms with Crippen LogP contribution < -0.4 is 15.9 Å². The summed E-state index contributed by atoms with van der Waals surface area (Å²) >= 11 is 0. The van der Waals surface area contributed by atoms with Crippen LogP contribution >= 0.6 is 0 Å². The maximum absolute atomic E-state index is 13.3. The third-order valence-corrected chi connectivity index (χ3v) is 7.57. The number of fused-ring (bicyclic) bond motifs is 5. The van der Waals surface area contributed by atoms with Gasteiger partial charge in [0.25, 0.3) is 11.1 Å². The maximum atomic E-state index is 13.3. The third-order valence-electron chi connectivity index (χ3n) is 7.57. The molecule has 4 heterocycles. The van der Waals surface area contributed by atoms with Crippen molar-refractivity contribution in [3.05, 3.63) is 75.3 Å². The molecule has 2 aliphatic rings. The minimum Gasteiger partial charge on any atom is -0.508 e. The molecule has 0 radical (unpaired) electrons. The second-order valence-corrected chi connectivity index (χ2v) is 9.95. The number of benzene rings is 3. The molecule has 9 heteroatoms. The molecule has 2 aliphatic heterocycles. The van der Waals surface area contributed by atoms with E-state index in [-0.39, 0.29) is 28.7 Å². The maximum Gasteiger partial charge on any atom is 0.275 e. The summed E-state index contributed by atoms with van der Waals surface area (Å²) in [4.78, 5) is 36.6. The van der Waals surface area contributed by atoms with Crippen molar-refractivity contribution in [1.82, 2.24) is 24.6 Å². The molecule has 37 heavy (non-hydrogen) atoms. The Balaban J connectivity index is 1.51. The molecular weight excluding hydrogens is 470 g/mol. The molecule has 3 atom stereocenters. The fourth-order valence-electron chi connectivity index (χ4n) is 5.64. The molecular formula is C28H25N5O4. The Morgan fingerprint density at radius 1 is 1.05 bits per heavy atom. The molecule has 1 saturated heterocycles. The molecule has 0 amide bonds. The second-order valence-electron chi connectivity index (χ2n) is 9.95. The van der Waals surface area contributed by atoms with Gasteiger partial charge in [0.1, 0.15) is 28.8 Å². The van der Waals surface area contributed by atoms with Crippen LogP contribution in [0.1, 0.15) is 13.3 Å². The van der Waals surface area contributed by atoms with Crippen molar-refractivity contribution >= 4 is 21.9 Å². The summed E-state index contributed by atoms with van der Waals surface area (Å²) in [6.45, 7) is 4.11. The summed E-state index contributed by atoms with van der Waals surface area (Å²) in [7, 11) is 0. The number of para-hydroxylation sites is 1. The number of aromatic amines is 2. The molecule has 1 fully saturated rings. The Morgan fingerprint density at radius 2 is 1.89 bits per heavy atom. The van der Waals surface area contributed by atoms with Gasteiger partial charge in [-0.15, -0.1) is 0 Å². The van der Waals surface area contributed by atoms with Crippen LogP contribution in [0.4, 0.5) is 0 Å². The minimum absolute atomic E-state index is 0.0627. The van der Waals surface area contributed by atoms with Gasteiger partial charge in [-0.25, -0.2) is 4.98 Å². The van der Waals surface area contributed by atoms with Crippen molar-refractivity contribution in [2.45, 2.75) is 32.0 Å². The molecule has 0 spiro atoms. The number of ether oxygens (including phenoxy) is 1. The minimum atomic E-state index is -0.352. The molecule has 2 aromatic heterocycles. The highest BCUT2D eigenvalue weighted by Crippen LogP contribution is 2.35. The fourth-order valence-corrected chi connectivity index (χ4v) is 5.64. The van der Waals surface area contributed by atoms with Crippen LogP contribution in [0.5, 0.6) is 11.5 Å². The number of nitrogens with zero attached hydrogens (tertiary/aromatic N) is 3. The van der Waals surface area contributed by atoms with Crippen LogP contribution in [-0.4, -0.2) is 55.0 Å². The number of phenols is 1. The number of aromatic hydroxyl groups is 1. The lowest BCUT2D eigenvalue weighted by atomic mass is 10.0. The van der Waals surface area contributed by atoms with Crippen LogP contribution in [0.25, 0.3) is 44.3 Å². The van der Waals surface area contributed by atoms with E-state index in [0.29, 0.717) is 52.4 Å². The van der Waals surface area contributed by atoms with Gasteiger partial charge in [-0.1, -0.05) is 24.3 Å². The first kappa shape index (κ1) is 21.9. The van der Waals surface area contributed by atoms with Gasteiger partial charge in [-0.3, -0.25) is 24.3 Å². The fraction of sp³-hybridized carbons (Fsp3) is 0.250. The van der Waals surface area contributed by atoms with E-state index >= 15 is 0 Å². The van der Waals surface area contributed by atoms with Crippen molar-refractivity contribution in [3.8, 4) is 33.9 Å².